The molecule has 8 nitrogen and oxygen atoms in total. The highest BCUT2D eigenvalue weighted by atomic mass is 79.9. The smallest absolute Gasteiger partial charge is 0.330 e. The normalized spacial score (nSPS) is 10.8. The Morgan fingerprint density at radius 3 is 2.60 bits per heavy atom. The molecule has 0 bridgehead atoms. The van der Waals surface area contributed by atoms with Crippen molar-refractivity contribution in [2.75, 3.05) is 17.2 Å². The summed E-state index contributed by atoms with van der Waals surface area (Å²) < 4.78 is 6.98. The van der Waals surface area contributed by atoms with Gasteiger partial charge in [0.2, 0.25) is 0 Å². The number of furan rings is 1. The second-order valence-electron chi connectivity index (χ2n) is 5.56. The van der Waals surface area contributed by atoms with E-state index in [4.69, 9.17) is 10.2 Å². The number of hydrogen-bond acceptors (Lipinski definition) is 5. The molecule has 136 valence electrons. The number of H-pyrrole nitrogens is 1. The number of aromatic nitrogens is 2. The van der Waals surface area contributed by atoms with Crippen LogP contribution >= 0.6 is 15.9 Å². The van der Waals surface area contributed by atoms with Crippen LogP contribution in [0.1, 0.15) is 43.7 Å². The topological polar surface area (TPSA) is 114 Å². The van der Waals surface area contributed by atoms with Crippen molar-refractivity contribution in [3.8, 4) is 0 Å². The molecule has 2 aromatic heterocycles. The van der Waals surface area contributed by atoms with Gasteiger partial charge in [0, 0.05) is 13.1 Å². The van der Waals surface area contributed by atoms with Crippen molar-refractivity contribution in [3.05, 3.63) is 43.4 Å². The summed E-state index contributed by atoms with van der Waals surface area (Å²) in [5.74, 6) is -0.432. The first-order valence-corrected chi connectivity index (χ1v) is 8.89. The average molecular weight is 413 g/mol. The van der Waals surface area contributed by atoms with Crippen LogP contribution in [0.25, 0.3) is 0 Å². The molecule has 0 aliphatic carbocycles. The van der Waals surface area contributed by atoms with Crippen LogP contribution < -0.4 is 21.9 Å². The fourth-order valence-corrected chi connectivity index (χ4v) is 2.78. The summed E-state index contributed by atoms with van der Waals surface area (Å²) in [7, 11) is 0. The highest BCUT2D eigenvalue weighted by Crippen LogP contribution is 2.22. The summed E-state index contributed by atoms with van der Waals surface area (Å²) in [6, 6.07) is 3.11. The average Bonchev–Trinajstić information content (AvgIpc) is 3.00. The van der Waals surface area contributed by atoms with Crippen LogP contribution in [-0.4, -0.2) is 22.0 Å². The zero-order chi connectivity index (χ0) is 18.6. The van der Waals surface area contributed by atoms with E-state index in [1.807, 2.05) is 13.8 Å². The number of nitrogens with zero attached hydrogens (tertiary/aromatic N) is 2. The van der Waals surface area contributed by atoms with Gasteiger partial charge in [-0.15, -0.1) is 0 Å². The molecule has 0 atom stereocenters. The molecule has 0 radical (unpaired) electrons. The van der Waals surface area contributed by atoms with Gasteiger partial charge < -0.3 is 10.2 Å². The van der Waals surface area contributed by atoms with E-state index >= 15 is 0 Å². The number of carbonyl (C=O) groups is 1. The Hall–Kier alpha value is -2.29. The van der Waals surface area contributed by atoms with Crippen molar-refractivity contribution in [2.24, 2.45) is 0 Å². The lowest BCUT2D eigenvalue weighted by molar-refractivity contribution is 0.0958. The Morgan fingerprint density at radius 2 is 2.04 bits per heavy atom. The van der Waals surface area contributed by atoms with E-state index in [9.17, 15) is 14.4 Å². The van der Waals surface area contributed by atoms with E-state index in [0.717, 1.165) is 6.42 Å². The van der Waals surface area contributed by atoms with Gasteiger partial charge in [-0.25, -0.2) is 4.79 Å². The standard InChI is InChI=1S/C16H21BrN4O4/c1-3-5-9-20(15(23)10-6-7-11(17)25-10)12-13(18)21(8-4-2)16(24)19-14(12)22/h6-7H,3-5,8-9,18H2,1-2H3,(H,19,22,24). The summed E-state index contributed by atoms with van der Waals surface area (Å²) in [5.41, 5.74) is 4.77. The predicted octanol–water partition coefficient (Wildman–Crippen LogP) is 2.33. The van der Waals surface area contributed by atoms with E-state index in [1.165, 1.54) is 15.5 Å². The van der Waals surface area contributed by atoms with E-state index in [1.54, 1.807) is 6.07 Å². The van der Waals surface area contributed by atoms with Gasteiger partial charge in [0.25, 0.3) is 11.5 Å². The Kier molecular flexibility index (Phi) is 6.24. The number of nitrogens with two attached hydrogens (primary N) is 1. The number of nitrogens with one attached hydrogen (secondary N) is 1. The van der Waals surface area contributed by atoms with Crippen molar-refractivity contribution in [1.82, 2.24) is 9.55 Å². The maximum atomic E-state index is 12.8. The first-order chi connectivity index (χ1) is 11.9. The number of hydrogen-bond donors (Lipinski definition) is 2. The van der Waals surface area contributed by atoms with Crippen LogP contribution in [-0.2, 0) is 6.54 Å². The molecular weight excluding hydrogens is 392 g/mol. The number of carbonyl (C=O) groups excluding carboxylic acids is 1. The molecule has 1 amide bonds. The summed E-state index contributed by atoms with van der Waals surface area (Å²) >= 11 is 3.15. The third-order valence-electron chi connectivity index (χ3n) is 3.70. The number of rotatable bonds is 7. The Bertz CT molecular complexity index is 868. The van der Waals surface area contributed by atoms with E-state index in [-0.39, 0.29) is 23.8 Å². The number of unbranched alkanes of at least 4 members (excludes halogenated alkanes) is 1. The minimum absolute atomic E-state index is 0.0225. The van der Waals surface area contributed by atoms with Gasteiger partial charge in [0.15, 0.2) is 16.1 Å². The van der Waals surface area contributed by atoms with Crippen LogP contribution in [0, 0.1) is 0 Å². The molecule has 9 heteroatoms. The van der Waals surface area contributed by atoms with Crippen LogP contribution in [0.15, 0.2) is 30.8 Å². The fourth-order valence-electron chi connectivity index (χ4n) is 2.48. The van der Waals surface area contributed by atoms with E-state index < -0.39 is 17.2 Å². The van der Waals surface area contributed by atoms with Crippen molar-refractivity contribution in [3.63, 3.8) is 0 Å². The molecular formula is C16H21BrN4O4. The number of amides is 1. The zero-order valence-electron chi connectivity index (χ0n) is 14.2. The molecule has 0 saturated heterocycles. The van der Waals surface area contributed by atoms with Gasteiger partial charge >= 0.3 is 5.69 Å². The SMILES string of the molecule is CCCCN(C(=O)c1ccc(Br)o1)c1c(N)n(CCC)c(=O)[nH]c1=O. The maximum absolute atomic E-state index is 12.8. The minimum atomic E-state index is -0.690. The largest absolute Gasteiger partial charge is 0.444 e. The third-order valence-corrected chi connectivity index (χ3v) is 4.12. The molecule has 2 rings (SSSR count). The number of anilines is 2. The highest BCUT2D eigenvalue weighted by Gasteiger charge is 2.26. The summed E-state index contributed by atoms with van der Waals surface area (Å²) in [6.45, 7) is 4.48. The lowest BCUT2D eigenvalue weighted by Crippen LogP contribution is -2.41. The van der Waals surface area contributed by atoms with Gasteiger partial charge in [-0.05, 0) is 40.9 Å². The van der Waals surface area contributed by atoms with Crippen LogP contribution in [0.4, 0.5) is 11.5 Å². The summed E-state index contributed by atoms with van der Waals surface area (Å²) in [5, 5.41) is 0. The van der Waals surface area contributed by atoms with Crippen molar-refractivity contribution in [2.45, 2.75) is 39.7 Å². The second-order valence-corrected chi connectivity index (χ2v) is 6.34. The Balaban J connectivity index is 2.58. The first-order valence-electron chi connectivity index (χ1n) is 8.10. The Labute approximate surface area is 152 Å². The summed E-state index contributed by atoms with van der Waals surface area (Å²) in [4.78, 5) is 40.7. The van der Waals surface area contributed by atoms with Gasteiger partial charge in [-0.2, -0.15) is 0 Å². The maximum Gasteiger partial charge on any atom is 0.330 e. The molecule has 0 aliphatic rings. The molecule has 3 N–H and O–H groups in total. The number of nitrogen functional groups attached to an aromatic ring is 1. The lowest BCUT2D eigenvalue weighted by Gasteiger charge is -2.23. The van der Waals surface area contributed by atoms with Crippen molar-refractivity contribution in [1.29, 1.82) is 0 Å². The quantitative estimate of drug-likeness (QED) is 0.723. The van der Waals surface area contributed by atoms with Gasteiger partial charge in [0.05, 0.1) is 0 Å². The molecule has 25 heavy (non-hydrogen) atoms. The first kappa shape index (κ1) is 19.0. The summed E-state index contributed by atoms with van der Waals surface area (Å²) in [6.07, 6.45) is 2.14. The molecule has 2 heterocycles. The van der Waals surface area contributed by atoms with Gasteiger partial charge in [-0.3, -0.25) is 24.0 Å². The molecule has 0 aromatic carbocycles. The lowest BCUT2D eigenvalue weighted by atomic mass is 10.2. The number of halogens is 1. The second kappa shape index (κ2) is 8.19. The molecule has 0 fully saturated rings. The van der Waals surface area contributed by atoms with Gasteiger partial charge in [0.1, 0.15) is 5.82 Å². The predicted molar refractivity (Wildman–Crippen MR) is 99.0 cm³/mol. The molecule has 0 saturated carbocycles. The van der Waals surface area contributed by atoms with Crippen LogP contribution in [0.2, 0.25) is 0 Å². The molecule has 0 unspecified atom stereocenters. The van der Waals surface area contributed by atoms with Crippen molar-refractivity contribution < 1.29 is 9.21 Å². The third kappa shape index (κ3) is 4.04. The number of aromatic amines is 1. The Morgan fingerprint density at radius 1 is 1.32 bits per heavy atom. The zero-order valence-corrected chi connectivity index (χ0v) is 15.8. The van der Waals surface area contributed by atoms with E-state index in [2.05, 4.69) is 20.9 Å². The van der Waals surface area contributed by atoms with Gasteiger partial charge in [-0.1, -0.05) is 20.3 Å². The molecule has 0 spiro atoms. The highest BCUT2D eigenvalue weighted by molar-refractivity contribution is 9.10. The monoisotopic (exact) mass is 412 g/mol. The van der Waals surface area contributed by atoms with E-state index in [0.29, 0.717) is 24.1 Å². The van der Waals surface area contributed by atoms with Crippen LogP contribution in [0.5, 0.6) is 0 Å². The van der Waals surface area contributed by atoms with Crippen LogP contribution in [0.3, 0.4) is 0 Å². The fraction of sp³-hybridized carbons (Fsp3) is 0.438. The van der Waals surface area contributed by atoms with Crippen molar-refractivity contribution >= 4 is 33.3 Å². The molecule has 0 aliphatic heterocycles. The molecule has 2 aromatic rings. The minimum Gasteiger partial charge on any atom is -0.444 e.